The van der Waals surface area contributed by atoms with E-state index in [9.17, 15) is 4.79 Å². The zero-order valence-corrected chi connectivity index (χ0v) is 19.8. The number of ether oxygens (including phenoxy) is 3. The molecule has 0 saturated carbocycles. The fraction of sp³-hybridized carbons (Fsp3) is 0.333. The van der Waals surface area contributed by atoms with Crippen molar-refractivity contribution >= 4 is 5.91 Å². The van der Waals surface area contributed by atoms with Crippen LogP contribution in [-0.2, 0) is 16.0 Å². The van der Waals surface area contributed by atoms with Crippen molar-refractivity contribution in [3.8, 4) is 28.6 Å². The van der Waals surface area contributed by atoms with Gasteiger partial charge in [-0.1, -0.05) is 35.9 Å². The molecule has 7 heteroatoms. The number of hydrogen-bond donors (Lipinski definition) is 1. The van der Waals surface area contributed by atoms with Crippen LogP contribution in [-0.4, -0.2) is 49.2 Å². The minimum absolute atomic E-state index is 0.0658. The van der Waals surface area contributed by atoms with Crippen molar-refractivity contribution in [3.63, 3.8) is 0 Å². The van der Waals surface area contributed by atoms with Gasteiger partial charge in [-0.2, -0.15) is 5.10 Å². The fourth-order valence-electron chi connectivity index (χ4n) is 3.79. The minimum Gasteiger partial charge on any atom is -0.497 e. The first-order valence-electron chi connectivity index (χ1n) is 11.6. The van der Waals surface area contributed by atoms with Crippen LogP contribution in [0.3, 0.4) is 0 Å². The van der Waals surface area contributed by atoms with Crippen molar-refractivity contribution in [1.82, 2.24) is 15.1 Å². The Hall–Kier alpha value is -3.58. The largest absolute Gasteiger partial charge is 0.497 e. The van der Waals surface area contributed by atoms with E-state index in [0.29, 0.717) is 38.5 Å². The molecule has 3 aromatic rings. The van der Waals surface area contributed by atoms with E-state index in [1.165, 1.54) is 5.57 Å². The molecule has 0 atom stereocenters. The van der Waals surface area contributed by atoms with Gasteiger partial charge in [0.15, 0.2) is 0 Å². The quantitative estimate of drug-likeness (QED) is 0.455. The number of nitrogens with zero attached hydrogens (tertiary/aromatic N) is 2. The van der Waals surface area contributed by atoms with E-state index in [0.717, 1.165) is 41.3 Å². The Morgan fingerprint density at radius 2 is 1.94 bits per heavy atom. The average molecular weight is 462 g/mol. The second-order valence-electron chi connectivity index (χ2n) is 8.07. The van der Waals surface area contributed by atoms with E-state index < -0.39 is 0 Å². The van der Waals surface area contributed by atoms with Gasteiger partial charge in [-0.25, -0.2) is 4.68 Å². The lowest BCUT2D eigenvalue weighted by molar-refractivity contribution is -0.120. The number of carbonyl (C=O) groups is 1. The van der Waals surface area contributed by atoms with Gasteiger partial charge in [0.1, 0.15) is 5.75 Å². The predicted molar refractivity (Wildman–Crippen MR) is 132 cm³/mol. The summed E-state index contributed by atoms with van der Waals surface area (Å²) in [6, 6.07) is 17.8. The molecule has 0 fully saturated rings. The highest BCUT2D eigenvalue weighted by molar-refractivity contribution is 5.76. The van der Waals surface area contributed by atoms with Gasteiger partial charge in [-0.05, 0) is 49.6 Å². The van der Waals surface area contributed by atoms with Gasteiger partial charge in [0, 0.05) is 24.6 Å². The first-order valence-corrected chi connectivity index (χ1v) is 11.6. The number of amides is 1. The maximum Gasteiger partial charge on any atom is 0.220 e. The van der Waals surface area contributed by atoms with E-state index in [2.05, 4.69) is 23.5 Å². The molecule has 1 aromatic heterocycles. The zero-order valence-electron chi connectivity index (χ0n) is 19.8. The topological polar surface area (TPSA) is 74.6 Å². The number of methoxy groups -OCH3 is 1. The molecule has 0 aliphatic carbocycles. The highest BCUT2D eigenvalue weighted by Crippen LogP contribution is 2.27. The third-order valence-corrected chi connectivity index (χ3v) is 5.75. The maximum absolute atomic E-state index is 12.2. The third-order valence-electron chi connectivity index (χ3n) is 5.75. The number of nitrogens with one attached hydrogen (secondary N) is 1. The second-order valence-corrected chi connectivity index (χ2v) is 8.07. The lowest BCUT2D eigenvalue weighted by Crippen LogP contribution is -2.27. The summed E-state index contributed by atoms with van der Waals surface area (Å²) in [5.74, 6) is 1.54. The smallest absolute Gasteiger partial charge is 0.220 e. The Balaban J connectivity index is 1.38. The number of aryl methyl sites for hydroxylation is 1. The first-order chi connectivity index (χ1) is 16.7. The Labute approximate surface area is 200 Å². The van der Waals surface area contributed by atoms with E-state index in [-0.39, 0.29) is 5.91 Å². The predicted octanol–water partition coefficient (Wildman–Crippen LogP) is 4.34. The van der Waals surface area contributed by atoms with Crippen LogP contribution in [0.2, 0.25) is 0 Å². The SMILES string of the molecule is CCOc1cc(-c2ccc(CCC(=O)NCC3=CCOCC3)cc2)nn1-c1ccc(OC)cc1. The summed E-state index contributed by atoms with van der Waals surface area (Å²) < 4.78 is 18.2. The summed E-state index contributed by atoms with van der Waals surface area (Å²) in [6.07, 6.45) is 4.10. The normalized spacial score (nSPS) is 13.3. The fourth-order valence-corrected chi connectivity index (χ4v) is 3.79. The molecule has 1 amide bonds. The molecular formula is C27H31N3O4. The molecule has 0 saturated heterocycles. The highest BCUT2D eigenvalue weighted by atomic mass is 16.5. The van der Waals surface area contributed by atoms with Crippen molar-refractivity contribution in [2.24, 2.45) is 0 Å². The van der Waals surface area contributed by atoms with Crippen LogP contribution in [0.15, 0.2) is 66.2 Å². The second kappa shape index (κ2) is 11.5. The number of carbonyl (C=O) groups excluding carboxylic acids is 1. The van der Waals surface area contributed by atoms with Crippen molar-refractivity contribution in [1.29, 1.82) is 0 Å². The number of aromatic nitrogens is 2. The first kappa shape index (κ1) is 23.6. The maximum atomic E-state index is 12.2. The van der Waals surface area contributed by atoms with E-state index >= 15 is 0 Å². The molecule has 34 heavy (non-hydrogen) atoms. The molecule has 1 N–H and O–H groups in total. The lowest BCUT2D eigenvalue weighted by atomic mass is 10.1. The van der Waals surface area contributed by atoms with Gasteiger partial charge in [-0.3, -0.25) is 4.79 Å². The van der Waals surface area contributed by atoms with Gasteiger partial charge in [0.2, 0.25) is 11.8 Å². The number of benzene rings is 2. The summed E-state index contributed by atoms with van der Waals surface area (Å²) in [5.41, 5.74) is 5.07. The van der Waals surface area contributed by atoms with Crippen LogP contribution in [0.1, 0.15) is 25.3 Å². The van der Waals surface area contributed by atoms with Crippen LogP contribution in [0.4, 0.5) is 0 Å². The number of hydrogen-bond acceptors (Lipinski definition) is 5. The highest BCUT2D eigenvalue weighted by Gasteiger charge is 2.13. The number of rotatable bonds is 10. The zero-order chi connectivity index (χ0) is 23.8. The van der Waals surface area contributed by atoms with Crippen molar-refractivity contribution in [2.75, 3.05) is 33.5 Å². The van der Waals surface area contributed by atoms with E-state index in [4.69, 9.17) is 19.3 Å². The molecule has 2 aromatic carbocycles. The summed E-state index contributed by atoms with van der Waals surface area (Å²) in [6.45, 7) is 4.49. The molecule has 0 radical (unpaired) electrons. The molecule has 178 valence electrons. The molecule has 7 nitrogen and oxygen atoms in total. The monoisotopic (exact) mass is 461 g/mol. The Morgan fingerprint density at radius 3 is 2.62 bits per heavy atom. The Morgan fingerprint density at radius 1 is 1.15 bits per heavy atom. The van der Waals surface area contributed by atoms with Crippen molar-refractivity contribution in [2.45, 2.75) is 26.2 Å². The van der Waals surface area contributed by atoms with Crippen molar-refractivity contribution < 1.29 is 19.0 Å². The van der Waals surface area contributed by atoms with Crippen LogP contribution < -0.4 is 14.8 Å². The van der Waals surface area contributed by atoms with Gasteiger partial charge in [-0.15, -0.1) is 0 Å². The van der Waals surface area contributed by atoms with E-state index in [1.807, 2.05) is 49.4 Å². The van der Waals surface area contributed by atoms with Crippen LogP contribution in [0.25, 0.3) is 16.9 Å². The van der Waals surface area contributed by atoms with Crippen LogP contribution in [0, 0.1) is 0 Å². The van der Waals surface area contributed by atoms with Gasteiger partial charge >= 0.3 is 0 Å². The molecule has 2 heterocycles. The minimum atomic E-state index is 0.0658. The Bertz CT molecular complexity index is 1120. The summed E-state index contributed by atoms with van der Waals surface area (Å²) in [5, 5.41) is 7.78. The van der Waals surface area contributed by atoms with Gasteiger partial charge in [0.25, 0.3) is 0 Å². The molecule has 0 spiro atoms. The van der Waals surface area contributed by atoms with Crippen molar-refractivity contribution in [3.05, 3.63) is 71.8 Å². The molecular weight excluding hydrogens is 430 g/mol. The Kier molecular flexibility index (Phi) is 7.99. The van der Waals surface area contributed by atoms with Crippen LogP contribution in [0.5, 0.6) is 11.6 Å². The molecule has 4 rings (SSSR count). The summed E-state index contributed by atoms with van der Waals surface area (Å²) >= 11 is 0. The molecule has 1 aliphatic rings. The van der Waals surface area contributed by atoms with E-state index in [1.54, 1.807) is 11.8 Å². The third kappa shape index (κ3) is 6.05. The van der Waals surface area contributed by atoms with Crippen LogP contribution >= 0.6 is 0 Å². The lowest BCUT2D eigenvalue weighted by Gasteiger charge is -2.14. The van der Waals surface area contributed by atoms with Gasteiger partial charge in [0.05, 0.1) is 38.3 Å². The summed E-state index contributed by atoms with van der Waals surface area (Å²) in [7, 11) is 1.65. The average Bonchev–Trinajstić information content (AvgIpc) is 3.31. The molecule has 0 bridgehead atoms. The summed E-state index contributed by atoms with van der Waals surface area (Å²) in [4.78, 5) is 12.2. The standard InChI is InChI=1S/C27H31N3O4/c1-3-34-27-18-25(29-30(27)23-9-11-24(32-2)12-10-23)22-7-4-20(5-8-22)6-13-26(31)28-19-21-14-16-33-17-15-21/h4-5,7-12,14,18H,3,6,13,15-17,19H2,1-2H3,(H,28,31). The molecule has 0 unspecified atom stereocenters. The van der Waals surface area contributed by atoms with Gasteiger partial charge < -0.3 is 19.5 Å². The molecule has 1 aliphatic heterocycles.